The SMILES string of the molecule is C/C=C(\CCC)c1ccc(N=C(N)c2cc(C)c3nn(C)cc3c2)c(NOC)c1.CC. The highest BCUT2D eigenvalue weighted by atomic mass is 16.6. The first kappa shape index (κ1) is 24.2. The summed E-state index contributed by atoms with van der Waals surface area (Å²) >= 11 is 0. The number of aryl methyl sites for hydroxylation is 2. The van der Waals surface area contributed by atoms with Crippen molar-refractivity contribution < 1.29 is 4.84 Å². The van der Waals surface area contributed by atoms with Gasteiger partial charge in [0.1, 0.15) is 5.84 Å². The molecule has 0 saturated heterocycles. The van der Waals surface area contributed by atoms with Gasteiger partial charge >= 0.3 is 0 Å². The van der Waals surface area contributed by atoms with Gasteiger partial charge in [0.25, 0.3) is 0 Å². The summed E-state index contributed by atoms with van der Waals surface area (Å²) in [5, 5.41) is 5.53. The molecule has 0 fully saturated rings. The third-order valence-electron chi connectivity index (χ3n) is 4.90. The van der Waals surface area contributed by atoms with Crippen LogP contribution in [0.25, 0.3) is 16.5 Å². The summed E-state index contributed by atoms with van der Waals surface area (Å²) in [4.78, 5) is 9.85. The maximum absolute atomic E-state index is 6.37. The van der Waals surface area contributed by atoms with Gasteiger partial charge in [-0.15, -0.1) is 0 Å². The highest BCUT2D eigenvalue weighted by Crippen LogP contribution is 2.31. The monoisotopic (exact) mass is 421 g/mol. The number of nitrogens with one attached hydrogen (secondary N) is 1. The number of hydrogen-bond donors (Lipinski definition) is 2. The lowest BCUT2D eigenvalue weighted by Gasteiger charge is -2.12. The van der Waals surface area contributed by atoms with Gasteiger partial charge in [-0.2, -0.15) is 5.10 Å². The van der Waals surface area contributed by atoms with E-state index in [0.717, 1.165) is 51.8 Å². The van der Waals surface area contributed by atoms with Crippen molar-refractivity contribution in [1.82, 2.24) is 9.78 Å². The zero-order valence-corrected chi connectivity index (χ0v) is 19.8. The summed E-state index contributed by atoms with van der Waals surface area (Å²) < 4.78 is 1.81. The first-order valence-electron chi connectivity index (χ1n) is 10.8. The average molecular weight is 422 g/mol. The number of fused-ring (bicyclic) bond motifs is 1. The molecule has 0 radical (unpaired) electrons. The quantitative estimate of drug-likeness (QED) is 0.274. The molecule has 0 atom stereocenters. The number of aliphatic imine (C=N–C) groups is 1. The van der Waals surface area contributed by atoms with Crippen molar-refractivity contribution >= 4 is 33.7 Å². The Morgan fingerprint density at radius 1 is 1.23 bits per heavy atom. The number of rotatable bonds is 7. The van der Waals surface area contributed by atoms with E-state index < -0.39 is 0 Å². The van der Waals surface area contributed by atoms with Gasteiger partial charge in [-0.1, -0.05) is 39.3 Å². The van der Waals surface area contributed by atoms with Crippen LogP contribution in [-0.4, -0.2) is 22.7 Å². The van der Waals surface area contributed by atoms with Gasteiger partial charge in [-0.25, -0.2) is 4.99 Å². The number of anilines is 1. The van der Waals surface area contributed by atoms with Gasteiger partial charge < -0.3 is 5.73 Å². The van der Waals surface area contributed by atoms with Crippen LogP contribution in [0.1, 0.15) is 57.2 Å². The molecule has 31 heavy (non-hydrogen) atoms. The fraction of sp³-hybridized carbons (Fsp3) is 0.360. The number of amidine groups is 1. The third kappa shape index (κ3) is 5.73. The van der Waals surface area contributed by atoms with Gasteiger partial charge in [0.05, 0.1) is 24.0 Å². The second-order valence-electron chi connectivity index (χ2n) is 7.13. The van der Waals surface area contributed by atoms with Crippen LogP contribution in [0.3, 0.4) is 0 Å². The Morgan fingerprint density at radius 2 is 1.97 bits per heavy atom. The Labute approximate surface area is 185 Å². The average Bonchev–Trinajstić information content (AvgIpc) is 3.15. The van der Waals surface area contributed by atoms with Gasteiger partial charge in [0, 0.05) is 24.2 Å². The van der Waals surface area contributed by atoms with Gasteiger partial charge in [-0.3, -0.25) is 15.0 Å². The summed E-state index contributed by atoms with van der Waals surface area (Å²) in [5.74, 6) is 0.450. The Kier molecular flexibility index (Phi) is 8.82. The molecule has 2 aromatic carbocycles. The first-order chi connectivity index (χ1) is 15.0. The molecule has 6 nitrogen and oxygen atoms in total. The van der Waals surface area contributed by atoms with E-state index in [1.165, 1.54) is 5.57 Å². The van der Waals surface area contributed by atoms with E-state index >= 15 is 0 Å². The second-order valence-corrected chi connectivity index (χ2v) is 7.13. The normalized spacial score (nSPS) is 12.0. The van der Waals surface area contributed by atoms with Gasteiger partial charge in [-0.05, 0) is 61.2 Å². The molecule has 1 heterocycles. The molecule has 3 aromatic rings. The highest BCUT2D eigenvalue weighted by Gasteiger charge is 2.10. The molecule has 0 amide bonds. The van der Waals surface area contributed by atoms with Crippen LogP contribution in [-0.2, 0) is 11.9 Å². The zero-order chi connectivity index (χ0) is 23.0. The topological polar surface area (TPSA) is 77.5 Å². The van der Waals surface area contributed by atoms with E-state index in [1.807, 2.05) is 56.9 Å². The third-order valence-corrected chi connectivity index (χ3v) is 4.90. The maximum atomic E-state index is 6.37. The lowest BCUT2D eigenvalue weighted by atomic mass is 10.00. The van der Waals surface area contributed by atoms with Crippen LogP contribution in [0, 0.1) is 6.92 Å². The number of hydrogen-bond acceptors (Lipinski definition) is 4. The van der Waals surface area contributed by atoms with Gasteiger partial charge in [0.15, 0.2) is 0 Å². The van der Waals surface area contributed by atoms with E-state index in [4.69, 9.17) is 10.6 Å². The summed E-state index contributed by atoms with van der Waals surface area (Å²) in [6.45, 7) is 10.3. The molecule has 166 valence electrons. The van der Waals surface area contributed by atoms with Crippen molar-refractivity contribution in [1.29, 1.82) is 0 Å². The molecule has 1 aromatic heterocycles. The molecular formula is C25H35N5O. The first-order valence-corrected chi connectivity index (χ1v) is 10.8. The minimum Gasteiger partial charge on any atom is -0.383 e. The summed E-state index contributed by atoms with van der Waals surface area (Å²) in [7, 11) is 3.50. The van der Waals surface area contributed by atoms with Crippen molar-refractivity contribution in [3.63, 3.8) is 0 Å². The van der Waals surface area contributed by atoms with E-state index in [0.29, 0.717) is 5.84 Å². The van der Waals surface area contributed by atoms with Gasteiger partial charge in [0.2, 0.25) is 0 Å². The predicted octanol–water partition coefficient (Wildman–Crippen LogP) is 6.12. The molecule has 0 aliphatic rings. The molecule has 0 spiro atoms. The van der Waals surface area contributed by atoms with Crippen LogP contribution in [0.5, 0.6) is 0 Å². The zero-order valence-electron chi connectivity index (χ0n) is 19.8. The number of nitrogens with two attached hydrogens (primary N) is 1. The van der Waals surface area contributed by atoms with Crippen LogP contribution in [0.4, 0.5) is 11.4 Å². The number of benzene rings is 2. The standard InChI is InChI=1S/C23H29N5O.C2H6/c1-6-8-16(7-2)17-9-10-20(21(13-17)27-29-5)25-23(24)18-11-15(3)22-19(12-18)14-28(4)26-22;1-2/h7,9-14,27H,6,8H2,1-5H3,(H2,24,25);1-2H3/b16-7+;. The van der Waals surface area contributed by atoms with Crippen LogP contribution < -0.4 is 11.2 Å². The highest BCUT2D eigenvalue weighted by molar-refractivity contribution is 6.03. The van der Waals surface area contributed by atoms with Crippen LogP contribution in [0.15, 0.2) is 47.6 Å². The minimum absolute atomic E-state index is 0.450. The molecular weight excluding hydrogens is 386 g/mol. The lowest BCUT2D eigenvalue weighted by molar-refractivity contribution is 0.271. The molecule has 6 heteroatoms. The lowest BCUT2D eigenvalue weighted by Crippen LogP contribution is -2.13. The number of nitrogens with zero attached hydrogens (tertiary/aromatic N) is 3. The van der Waals surface area contributed by atoms with Crippen molar-refractivity contribution in [2.45, 2.75) is 47.5 Å². The van der Waals surface area contributed by atoms with E-state index in [2.05, 4.69) is 47.6 Å². The summed E-state index contributed by atoms with van der Waals surface area (Å²) in [6.07, 6.45) is 6.25. The van der Waals surface area contributed by atoms with Crippen molar-refractivity contribution in [2.75, 3.05) is 12.6 Å². The summed E-state index contributed by atoms with van der Waals surface area (Å²) in [5.41, 5.74) is 16.2. The molecule has 0 aliphatic heterocycles. The minimum atomic E-state index is 0.450. The van der Waals surface area contributed by atoms with E-state index in [-0.39, 0.29) is 0 Å². The predicted molar refractivity (Wildman–Crippen MR) is 133 cm³/mol. The molecule has 3 rings (SSSR count). The fourth-order valence-electron chi connectivity index (χ4n) is 3.52. The molecule has 3 N–H and O–H groups in total. The Bertz CT molecular complexity index is 1080. The molecule has 0 unspecified atom stereocenters. The van der Waals surface area contributed by atoms with Crippen molar-refractivity contribution in [3.8, 4) is 0 Å². The van der Waals surface area contributed by atoms with E-state index in [1.54, 1.807) is 7.11 Å². The van der Waals surface area contributed by atoms with Crippen molar-refractivity contribution in [2.24, 2.45) is 17.8 Å². The number of aromatic nitrogens is 2. The molecule has 0 saturated carbocycles. The molecule has 0 aliphatic carbocycles. The Morgan fingerprint density at radius 3 is 2.61 bits per heavy atom. The van der Waals surface area contributed by atoms with Crippen LogP contribution in [0.2, 0.25) is 0 Å². The largest absolute Gasteiger partial charge is 0.383 e. The smallest absolute Gasteiger partial charge is 0.131 e. The maximum Gasteiger partial charge on any atom is 0.131 e. The fourth-order valence-corrected chi connectivity index (χ4v) is 3.52. The summed E-state index contributed by atoms with van der Waals surface area (Å²) in [6, 6.07) is 10.1. The second kappa shape index (κ2) is 11.3. The van der Waals surface area contributed by atoms with Crippen LogP contribution >= 0.6 is 0 Å². The van der Waals surface area contributed by atoms with E-state index in [9.17, 15) is 0 Å². The Balaban J connectivity index is 0.00000166. The Hall–Kier alpha value is -3.12. The number of allylic oxidation sites excluding steroid dienone is 2. The molecule has 0 bridgehead atoms. The van der Waals surface area contributed by atoms with Crippen molar-refractivity contribution in [3.05, 3.63) is 59.3 Å².